The Bertz CT molecular complexity index is 787. The summed E-state index contributed by atoms with van der Waals surface area (Å²) in [5.41, 5.74) is 4.04. The quantitative estimate of drug-likeness (QED) is 0.456. The van der Waals surface area contributed by atoms with E-state index in [0.717, 1.165) is 9.13 Å². The van der Waals surface area contributed by atoms with Crippen molar-refractivity contribution in [2.75, 3.05) is 5.01 Å². The molecule has 2 aromatic rings. The van der Waals surface area contributed by atoms with Gasteiger partial charge in [-0.15, -0.1) is 0 Å². The second-order valence-electron chi connectivity index (χ2n) is 4.67. The first kappa shape index (κ1) is 15.1. The summed E-state index contributed by atoms with van der Waals surface area (Å²) in [6, 6.07) is 14.3. The zero-order chi connectivity index (χ0) is 15.7. The summed E-state index contributed by atoms with van der Waals surface area (Å²) in [5, 5.41) is 1.79. The van der Waals surface area contributed by atoms with Gasteiger partial charge < -0.3 is 0 Å². The van der Waals surface area contributed by atoms with Crippen molar-refractivity contribution in [1.29, 1.82) is 0 Å². The van der Waals surface area contributed by atoms with Crippen LogP contribution in [-0.4, -0.2) is 11.8 Å². The minimum Gasteiger partial charge on any atom is -0.267 e. The van der Waals surface area contributed by atoms with Gasteiger partial charge in [0.1, 0.15) is 5.57 Å². The highest BCUT2D eigenvalue weighted by Gasteiger charge is 2.34. The number of anilines is 1. The van der Waals surface area contributed by atoms with Crippen molar-refractivity contribution in [3.63, 3.8) is 0 Å². The van der Waals surface area contributed by atoms with Crippen LogP contribution in [0.4, 0.5) is 5.69 Å². The molecule has 0 bridgehead atoms. The summed E-state index contributed by atoms with van der Waals surface area (Å²) in [4.78, 5) is 24.5. The van der Waals surface area contributed by atoms with E-state index in [9.17, 15) is 9.59 Å². The number of halogens is 2. The number of benzene rings is 2. The topological polar surface area (TPSA) is 49.4 Å². The molecule has 1 saturated heterocycles. The van der Waals surface area contributed by atoms with Gasteiger partial charge in [0.2, 0.25) is 0 Å². The molecule has 0 unspecified atom stereocenters. The molecule has 22 heavy (non-hydrogen) atoms. The van der Waals surface area contributed by atoms with Crippen LogP contribution in [0, 0.1) is 3.57 Å². The fourth-order valence-corrected chi connectivity index (χ4v) is 2.79. The van der Waals surface area contributed by atoms with Gasteiger partial charge in [-0.05, 0) is 70.6 Å². The molecule has 2 aromatic carbocycles. The monoisotopic (exact) mass is 424 g/mol. The highest BCUT2D eigenvalue weighted by Crippen LogP contribution is 2.23. The van der Waals surface area contributed by atoms with Crippen molar-refractivity contribution in [3.05, 3.63) is 68.3 Å². The minimum absolute atomic E-state index is 0.108. The molecule has 1 aliphatic rings. The Morgan fingerprint density at radius 1 is 1.09 bits per heavy atom. The second kappa shape index (κ2) is 6.10. The molecule has 6 heteroatoms. The van der Waals surface area contributed by atoms with Gasteiger partial charge in [-0.1, -0.05) is 23.7 Å². The fraction of sp³-hybridized carbons (Fsp3) is 0. The SMILES string of the molecule is O=C1NN(c2ccc(Cl)cc2)C(=O)/C1=C/c1cccc(I)c1. The van der Waals surface area contributed by atoms with Gasteiger partial charge in [0.05, 0.1) is 5.69 Å². The van der Waals surface area contributed by atoms with Crippen LogP contribution in [0.2, 0.25) is 5.02 Å². The summed E-state index contributed by atoms with van der Waals surface area (Å²) in [6.07, 6.45) is 1.59. The van der Waals surface area contributed by atoms with E-state index in [2.05, 4.69) is 28.0 Å². The number of amides is 2. The zero-order valence-corrected chi connectivity index (χ0v) is 14.1. The van der Waals surface area contributed by atoms with Gasteiger partial charge in [0, 0.05) is 8.59 Å². The molecule has 0 saturated carbocycles. The van der Waals surface area contributed by atoms with Crippen LogP contribution in [0.3, 0.4) is 0 Å². The second-order valence-corrected chi connectivity index (χ2v) is 6.35. The predicted octanol–water partition coefficient (Wildman–Crippen LogP) is 3.41. The highest BCUT2D eigenvalue weighted by molar-refractivity contribution is 14.1. The largest absolute Gasteiger partial charge is 0.282 e. The van der Waals surface area contributed by atoms with Crippen molar-refractivity contribution in [2.45, 2.75) is 0 Å². The Morgan fingerprint density at radius 2 is 1.82 bits per heavy atom. The maximum Gasteiger partial charge on any atom is 0.282 e. The van der Waals surface area contributed by atoms with E-state index in [1.54, 1.807) is 30.3 Å². The first-order valence-electron chi connectivity index (χ1n) is 6.43. The lowest BCUT2D eigenvalue weighted by atomic mass is 10.1. The molecule has 0 aliphatic carbocycles. The number of hydrogen-bond acceptors (Lipinski definition) is 2. The molecule has 1 N–H and O–H groups in total. The molecule has 3 rings (SSSR count). The van der Waals surface area contributed by atoms with Crippen LogP contribution in [0.25, 0.3) is 6.08 Å². The van der Waals surface area contributed by atoms with E-state index in [-0.39, 0.29) is 11.5 Å². The number of carbonyl (C=O) groups is 2. The summed E-state index contributed by atoms with van der Waals surface area (Å²) in [7, 11) is 0. The molecule has 1 heterocycles. The Labute approximate surface area is 145 Å². The molecule has 1 fully saturated rings. The van der Waals surface area contributed by atoms with E-state index >= 15 is 0 Å². The van der Waals surface area contributed by atoms with Crippen LogP contribution in [0.15, 0.2) is 54.1 Å². The molecule has 4 nitrogen and oxygen atoms in total. The third-order valence-electron chi connectivity index (χ3n) is 3.14. The molecule has 0 spiro atoms. The molecular weight excluding hydrogens is 415 g/mol. The highest BCUT2D eigenvalue weighted by atomic mass is 127. The smallest absolute Gasteiger partial charge is 0.267 e. The molecule has 0 aromatic heterocycles. The number of hydrogen-bond donors (Lipinski definition) is 1. The standard InChI is InChI=1S/C16H10ClIN2O2/c17-11-4-6-13(7-5-11)20-16(22)14(15(21)19-20)9-10-2-1-3-12(18)8-10/h1-9H,(H,19,21)/b14-9+. The molecular formula is C16H10ClIN2O2. The molecule has 2 amide bonds. The normalized spacial score (nSPS) is 16.3. The predicted molar refractivity (Wildman–Crippen MR) is 94.2 cm³/mol. The van der Waals surface area contributed by atoms with Crippen molar-refractivity contribution >= 4 is 57.8 Å². The van der Waals surface area contributed by atoms with Crippen molar-refractivity contribution in [2.24, 2.45) is 0 Å². The number of rotatable bonds is 2. The van der Waals surface area contributed by atoms with Crippen LogP contribution < -0.4 is 10.4 Å². The van der Waals surface area contributed by atoms with Crippen LogP contribution in [-0.2, 0) is 9.59 Å². The van der Waals surface area contributed by atoms with Gasteiger partial charge in [-0.25, -0.2) is 5.01 Å². The Balaban J connectivity index is 1.93. The summed E-state index contributed by atoms with van der Waals surface area (Å²) in [5.74, 6) is -0.801. The lowest BCUT2D eigenvalue weighted by Gasteiger charge is -2.14. The lowest BCUT2D eigenvalue weighted by Crippen LogP contribution is -2.35. The number of nitrogens with one attached hydrogen (secondary N) is 1. The van der Waals surface area contributed by atoms with Gasteiger partial charge in [-0.2, -0.15) is 0 Å². The molecule has 1 aliphatic heterocycles. The van der Waals surface area contributed by atoms with Gasteiger partial charge >= 0.3 is 0 Å². The minimum atomic E-state index is -0.418. The summed E-state index contributed by atoms with van der Waals surface area (Å²) < 4.78 is 1.03. The summed E-state index contributed by atoms with van der Waals surface area (Å²) >= 11 is 8.01. The van der Waals surface area contributed by atoms with Crippen molar-refractivity contribution in [3.8, 4) is 0 Å². The Kier molecular flexibility index (Phi) is 4.17. The van der Waals surface area contributed by atoms with E-state index in [1.807, 2.05) is 24.3 Å². The maximum absolute atomic E-state index is 12.4. The van der Waals surface area contributed by atoms with E-state index in [0.29, 0.717) is 10.7 Å². The van der Waals surface area contributed by atoms with E-state index in [4.69, 9.17) is 11.6 Å². The van der Waals surface area contributed by atoms with Crippen molar-refractivity contribution < 1.29 is 9.59 Å². The average molecular weight is 425 g/mol. The molecule has 110 valence electrons. The van der Waals surface area contributed by atoms with Gasteiger partial charge in [-0.3, -0.25) is 15.0 Å². The maximum atomic E-state index is 12.4. The van der Waals surface area contributed by atoms with Crippen molar-refractivity contribution in [1.82, 2.24) is 5.43 Å². The lowest BCUT2D eigenvalue weighted by molar-refractivity contribution is -0.117. The number of carbonyl (C=O) groups excluding carboxylic acids is 2. The first-order chi connectivity index (χ1) is 10.5. The first-order valence-corrected chi connectivity index (χ1v) is 7.88. The average Bonchev–Trinajstić information content (AvgIpc) is 2.76. The third kappa shape index (κ3) is 3.00. The molecule has 0 radical (unpaired) electrons. The fourth-order valence-electron chi connectivity index (χ4n) is 2.09. The number of nitrogens with zero attached hydrogens (tertiary/aromatic N) is 1. The van der Waals surface area contributed by atoms with Crippen LogP contribution in [0.1, 0.15) is 5.56 Å². The van der Waals surface area contributed by atoms with E-state index < -0.39 is 5.91 Å². The van der Waals surface area contributed by atoms with E-state index in [1.165, 1.54) is 5.01 Å². The third-order valence-corrected chi connectivity index (χ3v) is 4.06. The zero-order valence-electron chi connectivity index (χ0n) is 11.2. The van der Waals surface area contributed by atoms with Crippen LogP contribution in [0.5, 0.6) is 0 Å². The number of hydrazine groups is 1. The van der Waals surface area contributed by atoms with Crippen LogP contribution >= 0.6 is 34.2 Å². The Morgan fingerprint density at radius 3 is 2.50 bits per heavy atom. The molecule has 0 atom stereocenters. The summed E-state index contributed by atoms with van der Waals surface area (Å²) in [6.45, 7) is 0. The van der Waals surface area contributed by atoms with Gasteiger partial charge in [0.15, 0.2) is 0 Å². The van der Waals surface area contributed by atoms with Gasteiger partial charge in [0.25, 0.3) is 11.8 Å². The Hall–Kier alpha value is -1.86.